The number of nitrogens with one attached hydrogen (secondary N) is 1. The van der Waals surface area contributed by atoms with Crippen LogP contribution >= 0.6 is 23.1 Å². The summed E-state index contributed by atoms with van der Waals surface area (Å²) in [7, 11) is 0. The summed E-state index contributed by atoms with van der Waals surface area (Å²) < 4.78 is 1.77. The molecule has 7 nitrogen and oxygen atoms in total. The molecule has 0 bridgehead atoms. The SMILES string of the molecule is CC(=O)NCCc1ccc(C(=O)CSc2ncnc3c2cnn3-c2ccccc2)s1. The van der Waals surface area contributed by atoms with E-state index in [0.29, 0.717) is 17.1 Å². The van der Waals surface area contributed by atoms with Gasteiger partial charge in [-0.15, -0.1) is 11.3 Å². The van der Waals surface area contributed by atoms with E-state index in [1.165, 1.54) is 36.3 Å². The van der Waals surface area contributed by atoms with Crippen molar-refractivity contribution in [1.82, 2.24) is 25.1 Å². The van der Waals surface area contributed by atoms with E-state index in [-0.39, 0.29) is 17.4 Å². The number of para-hydroxylation sites is 1. The van der Waals surface area contributed by atoms with Gasteiger partial charge in [0.05, 0.1) is 27.9 Å². The number of aromatic nitrogens is 4. The molecule has 1 N–H and O–H groups in total. The molecule has 30 heavy (non-hydrogen) atoms. The number of thiophene rings is 1. The van der Waals surface area contributed by atoms with Gasteiger partial charge < -0.3 is 5.32 Å². The van der Waals surface area contributed by atoms with Gasteiger partial charge >= 0.3 is 0 Å². The number of rotatable bonds is 8. The van der Waals surface area contributed by atoms with Crippen LogP contribution in [0.15, 0.2) is 60.0 Å². The maximum atomic E-state index is 12.6. The van der Waals surface area contributed by atoms with E-state index in [1.807, 2.05) is 42.5 Å². The minimum absolute atomic E-state index is 0.0500. The van der Waals surface area contributed by atoms with E-state index in [2.05, 4.69) is 20.4 Å². The van der Waals surface area contributed by atoms with Gasteiger partial charge in [-0.05, 0) is 30.7 Å². The third kappa shape index (κ3) is 4.58. The molecule has 1 amide bonds. The van der Waals surface area contributed by atoms with E-state index in [9.17, 15) is 9.59 Å². The van der Waals surface area contributed by atoms with Gasteiger partial charge in [0.25, 0.3) is 0 Å². The normalized spacial score (nSPS) is 11.0. The van der Waals surface area contributed by atoms with Crippen LogP contribution in [0.5, 0.6) is 0 Å². The summed E-state index contributed by atoms with van der Waals surface area (Å²) in [5.74, 6) is 0.290. The first-order chi connectivity index (χ1) is 14.6. The fourth-order valence-corrected chi connectivity index (χ4v) is 4.81. The Labute approximate surface area is 181 Å². The second kappa shape index (κ2) is 9.19. The van der Waals surface area contributed by atoms with Crippen molar-refractivity contribution in [3.63, 3.8) is 0 Å². The minimum atomic E-state index is -0.0500. The topological polar surface area (TPSA) is 89.8 Å². The van der Waals surface area contributed by atoms with Gasteiger partial charge in [-0.3, -0.25) is 9.59 Å². The smallest absolute Gasteiger partial charge is 0.216 e. The van der Waals surface area contributed by atoms with Crippen LogP contribution in [0.1, 0.15) is 21.5 Å². The Morgan fingerprint density at radius 2 is 1.97 bits per heavy atom. The number of carbonyl (C=O) groups is 2. The van der Waals surface area contributed by atoms with Crippen molar-refractivity contribution in [2.24, 2.45) is 0 Å². The molecule has 4 aromatic rings. The van der Waals surface area contributed by atoms with Gasteiger partial charge in [0, 0.05) is 18.3 Å². The van der Waals surface area contributed by atoms with Crippen molar-refractivity contribution in [3.05, 3.63) is 64.7 Å². The van der Waals surface area contributed by atoms with Crippen LogP contribution in [0.4, 0.5) is 0 Å². The molecule has 0 aliphatic heterocycles. The Balaban J connectivity index is 1.44. The lowest BCUT2D eigenvalue weighted by Gasteiger charge is -2.03. The fourth-order valence-electron chi connectivity index (χ4n) is 2.92. The second-order valence-electron chi connectivity index (χ2n) is 6.52. The number of carbonyl (C=O) groups excluding carboxylic acids is 2. The fraction of sp³-hybridized carbons (Fsp3) is 0.190. The molecule has 0 saturated carbocycles. The standard InChI is InChI=1S/C21H19N5O2S2/c1-14(27)22-10-9-16-7-8-19(30-16)18(28)12-29-21-17-11-25-26(20(17)23-13-24-21)15-5-3-2-4-6-15/h2-8,11,13H,9-10,12H2,1H3,(H,22,27). The molecule has 3 heterocycles. The van der Waals surface area contributed by atoms with E-state index in [1.54, 1.807) is 10.9 Å². The maximum absolute atomic E-state index is 12.6. The monoisotopic (exact) mass is 437 g/mol. The first-order valence-electron chi connectivity index (χ1n) is 9.35. The molecule has 4 rings (SSSR count). The molecule has 0 spiro atoms. The van der Waals surface area contributed by atoms with Gasteiger partial charge in [-0.2, -0.15) is 5.10 Å². The predicted molar refractivity (Wildman–Crippen MR) is 118 cm³/mol. The van der Waals surface area contributed by atoms with E-state index >= 15 is 0 Å². The average Bonchev–Trinajstić information content (AvgIpc) is 3.40. The Morgan fingerprint density at radius 3 is 2.77 bits per heavy atom. The van der Waals surface area contributed by atoms with Gasteiger partial charge in [0.2, 0.25) is 5.91 Å². The predicted octanol–water partition coefficient (Wildman–Crippen LogP) is 3.53. The van der Waals surface area contributed by atoms with Crippen molar-refractivity contribution in [2.45, 2.75) is 18.4 Å². The zero-order chi connectivity index (χ0) is 20.9. The summed E-state index contributed by atoms with van der Waals surface area (Å²) in [5, 5.41) is 8.77. The molecule has 0 fully saturated rings. The number of benzene rings is 1. The van der Waals surface area contributed by atoms with Crippen LogP contribution in [0.25, 0.3) is 16.7 Å². The first kappa shape index (κ1) is 20.2. The van der Waals surface area contributed by atoms with Crippen molar-refractivity contribution in [1.29, 1.82) is 0 Å². The van der Waals surface area contributed by atoms with E-state index in [4.69, 9.17) is 0 Å². The Morgan fingerprint density at radius 1 is 1.13 bits per heavy atom. The van der Waals surface area contributed by atoms with Crippen molar-refractivity contribution in [2.75, 3.05) is 12.3 Å². The number of ketones is 1. The third-order valence-corrected chi connectivity index (χ3v) is 6.54. The highest BCUT2D eigenvalue weighted by Gasteiger charge is 2.15. The lowest BCUT2D eigenvalue weighted by molar-refractivity contribution is -0.118. The lowest BCUT2D eigenvalue weighted by atomic mass is 10.3. The third-order valence-electron chi connectivity index (χ3n) is 4.35. The molecule has 0 atom stereocenters. The number of thioether (sulfide) groups is 1. The molecular formula is C21H19N5O2S2. The second-order valence-corrected chi connectivity index (χ2v) is 8.65. The number of amides is 1. The number of Topliss-reactive ketones (excluding diaryl/α,β-unsaturated/α-hetero) is 1. The van der Waals surface area contributed by atoms with Crippen LogP contribution in [0, 0.1) is 0 Å². The van der Waals surface area contributed by atoms with Crippen LogP contribution in [-0.4, -0.2) is 43.7 Å². The molecule has 0 radical (unpaired) electrons. The van der Waals surface area contributed by atoms with Crippen molar-refractivity contribution in [3.8, 4) is 5.69 Å². The molecule has 0 aliphatic carbocycles. The Kier molecular flexibility index (Phi) is 6.20. The highest BCUT2D eigenvalue weighted by Crippen LogP contribution is 2.27. The maximum Gasteiger partial charge on any atom is 0.216 e. The van der Waals surface area contributed by atoms with Crippen molar-refractivity contribution >= 4 is 45.8 Å². The molecule has 3 aromatic heterocycles. The Bertz CT molecular complexity index is 1190. The zero-order valence-electron chi connectivity index (χ0n) is 16.2. The summed E-state index contributed by atoms with van der Waals surface area (Å²) >= 11 is 2.86. The number of hydrogen-bond donors (Lipinski definition) is 1. The van der Waals surface area contributed by atoms with Crippen LogP contribution < -0.4 is 5.32 Å². The summed E-state index contributed by atoms with van der Waals surface area (Å²) in [6.07, 6.45) is 3.96. The summed E-state index contributed by atoms with van der Waals surface area (Å²) in [6, 6.07) is 13.6. The molecule has 0 aliphatic rings. The average molecular weight is 438 g/mol. The largest absolute Gasteiger partial charge is 0.356 e. The Hall–Kier alpha value is -3.04. The highest BCUT2D eigenvalue weighted by molar-refractivity contribution is 8.00. The lowest BCUT2D eigenvalue weighted by Crippen LogP contribution is -2.22. The van der Waals surface area contributed by atoms with Gasteiger partial charge in [-0.25, -0.2) is 14.6 Å². The molecule has 0 saturated heterocycles. The number of fused-ring (bicyclic) bond motifs is 1. The molecule has 152 valence electrons. The minimum Gasteiger partial charge on any atom is -0.356 e. The van der Waals surface area contributed by atoms with Gasteiger partial charge in [0.1, 0.15) is 11.4 Å². The molecule has 0 unspecified atom stereocenters. The first-order valence-corrected chi connectivity index (χ1v) is 11.2. The number of nitrogens with zero attached hydrogens (tertiary/aromatic N) is 4. The van der Waals surface area contributed by atoms with Crippen LogP contribution in [-0.2, 0) is 11.2 Å². The van der Waals surface area contributed by atoms with Crippen molar-refractivity contribution < 1.29 is 9.59 Å². The zero-order valence-corrected chi connectivity index (χ0v) is 17.9. The molecule has 9 heteroatoms. The summed E-state index contributed by atoms with van der Waals surface area (Å²) in [4.78, 5) is 34.1. The van der Waals surface area contributed by atoms with Crippen LogP contribution in [0.2, 0.25) is 0 Å². The summed E-state index contributed by atoms with van der Waals surface area (Å²) in [5.41, 5.74) is 1.63. The number of hydrogen-bond acceptors (Lipinski definition) is 7. The molecule has 1 aromatic carbocycles. The summed E-state index contributed by atoms with van der Waals surface area (Å²) in [6.45, 7) is 2.07. The van der Waals surface area contributed by atoms with Crippen LogP contribution in [0.3, 0.4) is 0 Å². The van der Waals surface area contributed by atoms with Gasteiger partial charge in [0.15, 0.2) is 11.4 Å². The van der Waals surface area contributed by atoms with E-state index < -0.39 is 0 Å². The highest BCUT2D eigenvalue weighted by atomic mass is 32.2. The van der Waals surface area contributed by atoms with Gasteiger partial charge in [-0.1, -0.05) is 30.0 Å². The molecular weight excluding hydrogens is 418 g/mol. The van der Waals surface area contributed by atoms with E-state index in [0.717, 1.165) is 27.4 Å². The quantitative estimate of drug-likeness (QED) is 0.258.